The smallest absolute Gasteiger partial charge is 0.416 e. The molecule has 0 saturated heterocycles. The summed E-state index contributed by atoms with van der Waals surface area (Å²) in [4.78, 5) is 26.8. The van der Waals surface area contributed by atoms with Crippen molar-refractivity contribution in [3.05, 3.63) is 75.6 Å². The number of anilines is 1. The third-order valence-electron chi connectivity index (χ3n) is 4.83. The molecule has 0 aliphatic rings. The van der Waals surface area contributed by atoms with E-state index in [0.717, 1.165) is 30.9 Å². The summed E-state index contributed by atoms with van der Waals surface area (Å²) >= 11 is 0. The lowest BCUT2D eigenvalue weighted by molar-refractivity contribution is -0.137. The van der Waals surface area contributed by atoms with Crippen LogP contribution < -0.4 is 15.8 Å². The predicted octanol–water partition coefficient (Wildman–Crippen LogP) is 4.59. The summed E-state index contributed by atoms with van der Waals surface area (Å²) in [6.45, 7) is 5.63. The highest BCUT2D eigenvalue weighted by Crippen LogP contribution is 2.29. The summed E-state index contributed by atoms with van der Waals surface area (Å²) in [7, 11) is 0. The van der Waals surface area contributed by atoms with Gasteiger partial charge in [-0.25, -0.2) is 4.79 Å². The van der Waals surface area contributed by atoms with Crippen molar-refractivity contribution in [1.82, 2.24) is 5.32 Å². The summed E-state index contributed by atoms with van der Waals surface area (Å²) in [6.07, 6.45) is -4.42. The summed E-state index contributed by atoms with van der Waals surface area (Å²) in [6, 6.07) is 11.3. The van der Waals surface area contributed by atoms with E-state index in [1.807, 2.05) is 19.9 Å². The highest BCUT2D eigenvalue weighted by atomic mass is 19.4. The molecule has 2 aromatic carbocycles. The van der Waals surface area contributed by atoms with Crippen LogP contribution >= 0.6 is 0 Å². The molecule has 0 radical (unpaired) electrons. The van der Waals surface area contributed by atoms with Crippen molar-refractivity contribution in [3.8, 4) is 0 Å². The van der Waals surface area contributed by atoms with Gasteiger partial charge in [0, 0.05) is 36.8 Å². The quantitative estimate of drug-likeness (QED) is 0.595. The lowest BCUT2D eigenvalue weighted by Crippen LogP contribution is -2.28. The largest absolute Gasteiger partial charge is 0.422 e. The van der Waals surface area contributed by atoms with Crippen LogP contribution in [0.2, 0.25) is 0 Å². The summed E-state index contributed by atoms with van der Waals surface area (Å²) in [5.74, 6) is -0.654. The summed E-state index contributed by atoms with van der Waals surface area (Å²) in [5, 5.41) is 3.14. The van der Waals surface area contributed by atoms with Gasteiger partial charge in [-0.15, -0.1) is 0 Å². The van der Waals surface area contributed by atoms with Crippen LogP contribution in [0.4, 0.5) is 18.9 Å². The Morgan fingerprint density at radius 1 is 1.03 bits per heavy atom. The standard InChI is InChI=1S/C22H21F3N2O3/c1-3-27(4-2)17-10-7-15-11-18(21(29)30-19(15)12-17)20(28)26-13-14-5-8-16(9-6-14)22(23,24)25/h5-12H,3-4,13H2,1-2H3,(H,26,28). The van der Waals surface area contributed by atoms with Crippen LogP contribution in [0.5, 0.6) is 0 Å². The van der Waals surface area contributed by atoms with Crippen molar-refractivity contribution >= 4 is 22.6 Å². The van der Waals surface area contributed by atoms with E-state index in [-0.39, 0.29) is 12.1 Å². The first-order chi connectivity index (χ1) is 14.2. The number of rotatable bonds is 6. The van der Waals surface area contributed by atoms with Crippen LogP contribution in [0.15, 0.2) is 57.7 Å². The fraction of sp³-hybridized carbons (Fsp3) is 0.273. The molecule has 0 aliphatic carbocycles. The van der Waals surface area contributed by atoms with Crippen molar-refractivity contribution in [3.63, 3.8) is 0 Å². The fourth-order valence-electron chi connectivity index (χ4n) is 3.13. The normalized spacial score (nSPS) is 11.5. The Hall–Kier alpha value is -3.29. The lowest BCUT2D eigenvalue weighted by Gasteiger charge is -2.21. The Balaban J connectivity index is 1.77. The number of amides is 1. The average molecular weight is 418 g/mol. The number of nitrogens with one attached hydrogen (secondary N) is 1. The van der Waals surface area contributed by atoms with Crippen molar-refractivity contribution in [2.24, 2.45) is 0 Å². The minimum Gasteiger partial charge on any atom is -0.422 e. The second kappa shape index (κ2) is 8.61. The molecule has 3 rings (SSSR count). The fourth-order valence-corrected chi connectivity index (χ4v) is 3.13. The highest BCUT2D eigenvalue weighted by Gasteiger charge is 2.29. The Labute approximate surface area is 171 Å². The molecule has 0 spiro atoms. The van der Waals surface area contributed by atoms with Gasteiger partial charge in [0.1, 0.15) is 11.1 Å². The van der Waals surface area contributed by atoms with Gasteiger partial charge in [-0.1, -0.05) is 12.1 Å². The van der Waals surface area contributed by atoms with Crippen molar-refractivity contribution in [1.29, 1.82) is 0 Å². The van der Waals surface area contributed by atoms with E-state index in [0.29, 0.717) is 16.5 Å². The first kappa shape index (κ1) is 21.4. The van der Waals surface area contributed by atoms with Crippen LogP contribution in [0.3, 0.4) is 0 Å². The molecule has 8 heteroatoms. The van der Waals surface area contributed by atoms with Gasteiger partial charge in [0.05, 0.1) is 5.56 Å². The molecule has 1 amide bonds. The maximum Gasteiger partial charge on any atom is 0.416 e. The maximum atomic E-state index is 12.6. The first-order valence-corrected chi connectivity index (χ1v) is 9.50. The highest BCUT2D eigenvalue weighted by molar-refractivity contribution is 5.96. The van der Waals surface area contributed by atoms with Crippen LogP contribution in [-0.2, 0) is 12.7 Å². The van der Waals surface area contributed by atoms with Crippen LogP contribution in [-0.4, -0.2) is 19.0 Å². The Morgan fingerprint density at radius 2 is 1.70 bits per heavy atom. The van der Waals surface area contributed by atoms with Crippen molar-refractivity contribution < 1.29 is 22.4 Å². The Kier molecular flexibility index (Phi) is 6.14. The number of fused-ring (bicyclic) bond motifs is 1. The van der Waals surface area contributed by atoms with E-state index in [2.05, 4.69) is 10.2 Å². The molecule has 0 unspecified atom stereocenters. The molecule has 0 fully saturated rings. The topological polar surface area (TPSA) is 62.6 Å². The molecule has 0 atom stereocenters. The molecule has 5 nitrogen and oxygen atoms in total. The van der Waals surface area contributed by atoms with Gasteiger partial charge in [0.2, 0.25) is 0 Å². The van der Waals surface area contributed by atoms with Gasteiger partial charge >= 0.3 is 11.8 Å². The molecule has 3 aromatic rings. The second-order valence-electron chi connectivity index (χ2n) is 6.72. The molecule has 158 valence electrons. The molecule has 1 heterocycles. The zero-order chi connectivity index (χ0) is 21.9. The molecule has 0 saturated carbocycles. The van der Waals surface area contributed by atoms with Gasteiger partial charge in [-0.05, 0) is 49.7 Å². The number of alkyl halides is 3. The van der Waals surface area contributed by atoms with Crippen molar-refractivity contribution in [2.45, 2.75) is 26.6 Å². The minimum atomic E-state index is -4.42. The van der Waals surface area contributed by atoms with Crippen LogP contribution in [0.25, 0.3) is 11.0 Å². The molecule has 1 aromatic heterocycles. The Bertz CT molecular complexity index is 1100. The predicted molar refractivity (Wildman–Crippen MR) is 109 cm³/mol. The summed E-state index contributed by atoms with van der Waals surface area (Å²) < 4.78 is 43.2. The Morgan fingerprint density at radius 3 is 2.30 bits per heavy atom. The molecule has 30 heavy (non-hydrogen) atoms. The number of benzene rings is 2. The first-order valence-electron chi connectivity index (χ1n) is 9.50. The second-order valence-corrected chi connectivity index (χ2v) is 6.72. The van der Waals surface area contributed by atoms with Gasteiger partial charge in [-0.2, -0.15) is 13.2 Å². The molecule has 1 N–H and O–H groups in total. The number of hydrogen-bond donors (Lipinski definition) is 1. The average Bonchev–Trinajstić information content (AvgIpc) is 2.72. The number of hydrogen-bond acceptors (Lipinski definition) is 4. The van der Waals surface area contributed by atoms with E-state index in [4.69, 9.17) is 4.42 Å². The van der Waals surface area contributed by atoms with E-state index in [1.165, 1.54) is 18.2 Å². The van der Waals surface area contributed by atoms with E-state index in [1.54, 1.807) is 12.1 Å². The van der Waals surface area contributed by atoms with Gasteiger partial charge in [0.15, 0.2) is 0 Å². The zero-order valence-electron chi connectivity index (χ0n) is 16.5. The van der Waals surface area contributed by atoms with E-state index in [9.17, 15) is 22.8 Å². The van der Waals surface area contributed by atoms with Gasteiger partial charge in [-0.3, -0.25) is 4.79 Å². The molecular formula is C22H21F3N2O3. The van der Waals surface area contributed by atoms with Crippen molar-refractivity contribution in [2.75, 3.05) is 18.0 Å². The molecule has 0 bridgehead atoms. The third-order valence-corrected chi connectivity index (χ3v) is 4.83. The number of carbonyl (C=O) groups is 1. The van der Waals surface area contributed by atoms with Crippen LogP contribution in [0, 0.1) is 0 Å². The van der Waals surface area contributed by atoms with Crippen LogP contribution in [0.1, 0.15) is 35.3 Å². The number of carbonyl (C=O) groups excluding carboxylic acids is 1. The molecule has 0 aliphatic heterocycles. The van der Waals surface area contributed by atoms with E-state index < -0.39 is 23.3 Å². The summed E-state index contributed by atoms with van der Waals surface area (Å²) in [5.41, 5.74) is 0.0650. The maximum absolute atomic E-state index is 12.6. The third kappa shape index (κ3) is 4.64. The SMILES string of the molecule is CCN(CC)c1ccc2cc(C(=O)NCc3ccc(C(F)(F)F)cc3)c(=O)oc2c1. The zero-order valence-corrected chi connectivity index (χ0v) is 16.5. The number of nitrogens with zero attached hydrogens (tertiary/aromatic N) is 1. The van der Waals surface area contributed by atoms with Gasteiger partial charge < -0.3 is 14.6 Å². The number of halogens is 3. The van der Waals surface area contributed by atoms with Gasteiger partial charge in [0.25, 0.3) is 5.91 Å². The lowest BCUT2D eigenvalue weighted by atomic mass is 10.1. The molecular weight excluding hydrogens is 397 g/mol. The minimum absolute atomic E-state index is 0.0185. The van der Waals surface area contributed by atoms with E-state index >= 15 is 0 Å². The monoisotopic (exact) mass is 418 g/mol.